The first-order valence-electron chi connectivity index (χ1n) is 5.88. The lowest BCUT2D eigenvalue weighted by Crippen LogP contribution is -2.65. The number of nitrogens with one attached hydrogen (secondary N) is 1. The van der Waals surface area contributed by atoms with Crippen molar-refractivity contribution in [3.8, 4) is 0 Å². The van der Waals surface area contributed by atoms with Crippen molar-refractivity contribution in [2.24, 2.45) is 0 Å². The summed E-state index contributed by atoms with van der Waals surface area (Å²) in [4.78, 5) is 25.2. The summed E-state index contributed by atoms with van der Waals surface area (Å²) in [5, 5.41) is 5.19. The zero-order valence-corrected chi connectivity index (χ0v) is 11.9. The zero-order chi connectivity index (χ0) is 13.6. The molecule has 0 radical (unpaired) electrons. The first kappa shape index (κ1) is 13.2. The Balaban J connectivity index is 2.47. The van der Waals surface area contributed by atoms with E-state index in [1.165, 1.54) is 0 Å². The van der Waals surface area contributed by atoms with Crippen LogP contribution in [0.2, 0.25) is 0 Å². The van der Waals surface area contributed by atoms with Gasteiger partial charge in [0.2, 0.25) is 11.6 Å². The molecule has 1 aliphatic rings. The second kappa shape index (κ2) is 4.14. The number of thiophene rings is 1. The van der Waals surface area contributed by atoms with Crippen molar-refractivity contribution in [1.82, 2.24) is 5.32 Å². The van der Waals surface area contributed by atoms with Crippen LogP contribution in [0.5, 0.6) is 0 Å². The highest BCUT2D eigenvalue weighted by molar-refractivity contribution is 7.10. The topological polar surface area (TPSA) is 46.2 Å². The maximum atomic E-state index is 12.2. The third-order valence-corrected chi connectivity index (χ3v) is 3.97. The summed E-state index contributed by atoms with van der Waals surface area (Å²) in [6, 6.07) is 3.86. The monoisotopic (exact) mass is 263 g/mol. The Morgan fingerprint density at radius 2 is 1.83 bits per heavy atom. The van der Waals surface area contributed by atoms with Gasteiger partial charge in [-0.25, -0.2) is 0 Å². The molecule has 0 aliphatic carbocycles. The minimum absolute atomic E-state index is 0.371. The summed E-state index contributed by atoms with van der Waals surface area (Å²) in [5.41, 5.74) is -0.763. The maximum absolute atomic E-state index is 12.2. The summed E-state index contributed by atoms with van der Waals surface area (Å²) < 4.78 is 0. The van der Waals surface area contributed by atoms with Crippen LogP contribution in [-0.2, 0) is 9.59 Å². The minimum atomic E-state index is -0.798. The van der Waals surface area contributed by atoms with E-state index in [1.807, 2.05) is 37.4 Å². The lowest BCUT2D eigenvalue weighted by Gasteiger charge is -2.41. The van der Waals surface area contributed by atoms with Crippen molar-refractivity contribution in [2.75, 3.05) is 0 Å². The average Bonchev–Trinajstić information content (AvgIpc) is 2.73. The van der Waals surface area contributed by atoms with E-state index in [0.717, 1.165) is 4.88 Å². The van der Waals surface area contributed by atoms with Crippen molar-refractivity contribution in [3.63, 3.8) is 0 Å². The van der Waals surface area contributed by atoms with E-state index in [9.17, 15) is 9.59 Å². The van der Waals surface area contributed by atoms with Crippen LogP contribution in [0.25, 0.3) is 6.08 Å². The van der Waals surface area contributed by atoms with E-state index in [2.05, 4.69) is 5.32 Å². The molecule has 3 nitrogen and oxygen atoms in total. The van der Waals surface area contributed by atoms with Gasteiger partial charge in [0.1, 0.15) is 0 Å². The Bertz CT molecular complexity index is 524. The third kappa shape index (κ3) is 2.18. The highest BCUT2D eigenvalue weighted by Gasteiger charge is 2.47. The van der Waals surface area contributed by atoms with E-state index in [0.29, 0.717) is 5.57 Å². The summed E-state index contributed by atoms with van der Waals surface area (Å²) in [5.74, 6) is -0.748. The molecule has 1 saturated heterocycles. The summed E-state index contributed by atoms with van der Waals surface area (Å²) >= 11 is 1.55. The van der Waals surface area contributed by atoms with Gasteiger partial charge in [0.15, 0.2) is 0 Å². The molecule has 0 spiro atoms. The molecule has 0 saturated carbocycles. The molecular formula is C14H17NO2S. The SMILES string of the molecule is CC1(C)NC(C)(C)/C(=C/c2cccs2)C(=O)C1=O. The molecule has 0 amide bonds. The van der Waals surface area contributed by atoms with Crippen molar-refractivity contribution in [2.45, 2.75) is 38.8 Å². The number of rotatable bonds is 1. The molecule has 1 fully saturated rings. The maximum Gasteiger partial charge on any atom is 0.228 e. The highest BCUT2D eigenvalue weighted by atomic mass is 32.1. The number of hydrogen-bond donors (Lipinski definition) is 1. The van der Waals surface area contributed by atoms with E-state index in [4.69, 9.17) is 0 Å². The minimum Gasteiger partial charge on any atom is -0.296 e. The molecule has 0 unspecified atom stereocenters. The highest BCUT2D eigenvalue weighted by Crippen LogP contribution is 2.30. The molecule has 2 heterocycles. The van der Waals surface area contributed by atoms with Crippen molar-refractivity contribution in [1.29, 1.82) is 0 Å². The van der Waals surface area contributed by atoms with Gasteiger partial charge in [-0.1, -0.05) is 6.07 Å². The summed E-state index contributed by atoms with van der Waals surface area (Å²) in [6.45, 7) is 7.35. The quantitative estimate of drug-likeness (QED) is 0.625. The molecule has 0 bridgehead atoms. The summed E-state index contributed by atoms with van der Waals surface area (Å²) in [6.07, 6.45) is 1.81. The van der Waals surface area contributed by atoms with Crippen LogP contribution in [0, 0.1) is 0 Å². The lowest BCUT2D eigenvalue weighted by molar-refractivity contribution is -0.140. The van der Waals surface area contributed by atoms with Gasteiger partial charge in [0, 0.05) is 16.0 Å². The molecule has 18 heavy (non-hydrogen) atoms. The van der Waals surface area contributed by atoms with E-state index in [-0.39, 0.29) is 11.6 Å². The Labute approximate surface area is 111 Å². The Hall–Kier alpha value is -1.26. The van der Waals surface area contributed by atoms with Crippen molar-refractivity contribution >= 4 is 29.0 Å². The summed E-state index contributed by atoms with van der Waals surface area (Å²) in [7, 11) is 0. The Morgan fingerprint density at radius 3 is 2.39 bits per heavy atom. The third-order valence-electron chi connectivity index (χ3n) is 3.15. The molecular weight excluding hydrogens is 246 g/mol. The number of hydrogen-bond acceptors (Lipinski definition) is 4. The lowest BCUT2D eigenvalue weighted by atomic mass is 9.77. The number of carbonyl (C=O) groups is 2. The van der Waals surface area contributed by atoms with Crippen LogP contribution in [0.15, 0.2) is 23.1 Å². The van der Waals surface area contributed by atoms with Gasteiger partial charge >= 0.3 is 0 Å². The fourth-order valence-corrected chi connectivity index (χ4v) is 3.01. The van der Waals surface area contributed by atoms with Gasteiger partial charge in [-0.3, -0.25) is 14.9 Å². The van der Waals surface area contributed by atoms with Gasteiger partial charge in [0.25, 0.3) is 0 Å². The zero-order valence-electron chi connectivity index (χ0n) is 11.0. The molecule has 2 rings (SSSR count). The Kier molecular flexibility index (Phi) is 3.03. The van der Waals surface area contributed by atoms with E-state index < -0.39 is 11.1 Å². The van der Waals surface area contributed by atoms with Crippen LogP contribution in [0.4, 0.5) is 0 Å². The first-order valence-corrected chi connectivity index (χ1v) is 6.76. The number of carbonyl (C=O) groups excluding carboxylic acids is 2. The van der Waals surface area contributed by atoms with Crippen LogP contribution in [-0.4, -0.2) is 22.6 Å². The fraction of sp³-hybridized carbons (Fsp3) is 0.429. The van der Waals surface area contributed by atoms with Crippen LogP contribution < -0.4 is 5.32 Å². The second-order valence-electron chi connectivity index (χ2n) is 5.61. The second-order valence-corrected chi connectivity index (χ2v) is 6.59. The van der Waals surface area contributed by atoms with E-state index >= 15 is 0 Å². The molecule has 1 aromatic heterocycles. The Morgan fingerprint density at radius 1 is 1.17 bits per heavy atom. The molecule has 0 aromatic carbocycles. The van der Waals surface area contributed by atoms with Gasteiger partial charge < -0.3 is 0 Å². The van der Waals surface area contributed by atoms with Crippen LogP contribution in [0.3, 0.4) is 0 Å². The van der Waals surface area contributed by atoms with E-state index in [1.54, 1.807) is 25.2 Å². The fourth-order valence-electron chi connectivity index (χ4n) is 2.36. The molecule has 0 atom stereocenters. The van der Waals surface area contributed by atoms with Gasteiger partial charge in [-0.2, -0.15) is 0 Å². The van der Waals surface area contributed by atoms with Crippen LogP contribution >= 0.6 is 11.3 Å². The van der Waals surface area contributed by atoms with Gasteiger partial charge in [-0.15, -0.1) is 11.3 Å². The predicted molar refractivity (Wildman–Crippen MR) is 73.6 cm³/mol. The normalized spacial score (nSPS) is 24.6. The standard InChI is InChI=1S/C14H17NO2S/c1-13(2)10(8-9-6-5-7-18-9)11(16)12(17)14(3,4)15-13/h5-8,15H,1-4H3/b10-8+. The van der Waals surface area contributed by atoms with Crippen LogP contribution in [0.1, 0.15) is 32.6 Å². The molecule has 96 valence electrons. The average molecular weight is 263 g/mol. The number of ketones is 2. The number of Topliss-reactive ketones (excluding diaryl/α,β-unsaturated/α-hetero) is 2. The molecule has 1 aliphatic heterocycles. The first-order chi connectivity index (χ1) is 8.24. The van der Waals surface area contributed by atoms with Gasteiger partial charge in [-0.05, 0) is 45.2 Å². The van der Waals surface area contributed by atoms with Gasteiger partial charge in [0.05, 0.1) is 5.54 Å². The predicted octanol–water partition coefficient (Wildman–Crippen LogP) is 2.43. The molecule has 4 heteroatoms. The number of piperidine rings is 1. The smallest absolute Gasteiger partial charge is 0.228 e. The van der Waals surface area contributed by atoms with Crippen molar-refractivity contribution in [3.05, 3.63) is 28.0 Å². The largest absolute Gasteiger partial charge is 0.296 e. The molecule has 1 aromatic rings. The molecule has 1 N–H and O–H groups in total. The van der Waals surface area contributed by atoms with Crippen molar-refractivity contribution < 1.29 is 9.59 Å².